The van der Waals surface area contributed by atoms with E-state index in [0.717, 1.165) is 13.0 Å². The summed E-state index contributed by atoms with van der Waals surface area (Å²) in [4.78, 5) is 0. The Morgan fingerprint density at radius 3 is 2.73 bits per heavy atom. The zero-order valence-corrected chi connectivity index (χ0v) is 9.44. The Kier molecular flexibility index (Phi) is 3.10. The highest BCUT2D eigenvalue weighted by atomic mass is 16.5. The van der Waals surface area contributed by atoms with Gasteiger partial charge in [-0.15, -0.1) is 0 Å². The predicted octanol–water partition coefficient (Wildman–Crippen LogP) is 3.73. The van der Waals surface area contributed by atoms with Crippen molar-refractivity contribution >= 4 is 0 Å². The molecule has 0 bridgehead atoms. The third kappa shape index (κ3) is 2.23. The molecule has 0 saturated heterocycles. The zero-order chi connectivity index (χ0) is 10.7. The summed E-state index contributed by atoms with van der Waals surface area (Å²) in [5.41, 5.74) is 1.36. The van der Waals surface area contributed by atoms with E-state index >= 15 is 0 Å². The molecule has 2 rings (SSSR count). The van der Waals surface area contributed by atoms with Crippen molar-refractivity contribution in [2.45, 2.75) is 26.2 Å². The monoisotopic (exact) mass is 202 g/mol. The summed E-state index contributed by atoms with van der Waals surface area (Å²) in [6.45, 7) is 5.23. The van der Waals surface area contributed by atoms with Gasteiger partial charge < -0.3 is 4.74 Å². The lowest BCUT2D eigenvalue weighted by Gasteiger charge is -2.09. The molecule has 1 aromatic carbocycles. The van der Waals surface area contributed by atoms with Crippen LogP contribution in [-0.4, -0.2) is 6.61 Å². The van der Waals surface area contributed by atoms with Crippen LogP contribution in [0.4, 0.5) is 0 Å². The largest absolute Gasteiger partial charge is 0.497 e. The first-order valence-corrected chi connectivity index (χ1v) is 5.70. The molecule has 80 valence electrons. The molecule has 0 aromatic heterocycles. The van der Waals surface area contributed by atoms with Crippen molar-refractivity contribution in [1.29, 1.82) is 0 Å². The second-order valence-corrected chi connectivity index (χ2v) is 4.21. The summed E-state index contributed by atoms with van der Waals surface area (Å²) in [6.07, 6.45) is 3.43. The fraction of sp³-hybridized carbons (Fsp3) is 0.429. The van der Waals surface area contributed by atoms with Crippen molar-refractivity contribution in [2.75, 3.05) is 6.61 Å². The highest BCUT2D eigenvalue weighted by molar-refractivity contribution is 5.27. The number of ether oxygens (including phenoxy) is 1. The highest BCUT2D eigenvalue weighted by Gasteiger charge is 2.21. The van der Waals surface area contributed by atoms with Gasteiger partial charge in [0.2, 0.25) is 0 Å². The van der Waals surface area contributed by atoms with Crippen LogP contribution in [0, 0.1) is 5.92 Å². The topological polar surface area (TPSA) is 9.23 Å². The molecule has 0 radical (unpaired) electrons. The maximum Gasteiger partial charge on any atom is 0.0981 e. The Bertz CT molecular complexity index is 340. The van der Waals surface area contributed by atoms with Gasteiger partial charge in [-0.1, -0.05) is 44.2 Å². The van der Waals surface area contributed by atoms with E-state index in [1.54, 1.807) is 0 Å². The summed E-state index contributed by atoms with van der Waals surface area (Å²) >= 11 is 0. The molecule has 0 spiro atoms. The minimum Gasteiger partial charge on any atom is -0.497 e. The Labute approximate surface area is 91.8 Å². The zero-order valence-electron chi connectivity index (χ0n) is 9.44. The number of allylic oxidation sites excluding steroid dienone is 1. The fourth-order valence-corrected chi connectivity index (χ4v) is 1.88. The van der Waals surface area contributed by atoms with Gasteiger partial charge in [-0.05, 0) is 18.1 Å². The minimum atomic E-state index is 0.454. The molecule has 0 saturated carbocycles. The molecular weight excluding hydrogens is 184 g/mol. The van der Waals surface area contributed by atoms with Gasteiger partial charge in [0.15, 0.2) is 0 Å². The molecule has 1 heterocycles. The van der Waals surface area contributed by atoms with Crippen molar-refractivity contribution in [3.8, 4) is 0 Å². The Hall–Kier alpha value is -1.24. The Morgan fingerprint density at radius 1 is 1.33 bits per heavy atom. The summed E-state index contributed by atoms with van der Waals surface area (Å²) in [5, 5.41) is 0. The minimum absolute atomic E-state index is 0.454. The SMILES string of the molecule is CC[C@@H](C)C1=CC(c2ccccc2)CO1. The van der Waals surface area contributed by atoms with E-state index in [-0.39, 0.29) is 0 Å². The average molecular weight is 202 g/mol. The van der Waals surface area contributed by atoms with Crippen LogP contribution in [0.1, 0.15) is 31.7 Å². The van der Waals surface area contributed by atoms with Gasteiger partial charge in [0, 0.05) is 11.8 Å². The second-order valence-electron chi connectivity index (χ2n) is 4.21. The van der Waals surface area contributed by atoms with E-state index < -0.39 is 0 Å². The number of rotatable bonds is 3. The summed E-state index contributed by atoms with van der Waals surface area (Å²) < 4.78 is 5.73. The smallest absolute Gasteiger partial charge is 0.0981 e. The lowest BCUT2D eigenvalue weighted by atomic mass is 9.98. The van der Waals surface area contributed by atoms with E-state index in [1.165, 1.54) is 11.3 Å². The number of hydrogen-bond acceptors (Lipinski definition) is 1. The quantitative estimate of drug-likeness (QED) is 0.725. The van der Waals surface area contributed by atoms with Crippen molar-refractivity contribution < 1.29 is 4.74 Å². The van der Waals surface area contributed by atoms with E-state index in [0.29, 0.717) is 11.8 Å². The molecule has 15 heavy (non-hydrogen) atoms. The molecule has 0 fully saturated rings. The summed E-state index contributed by atoms with van der Waals surface area (Å²) in [6, 6.07) is 10.6. The number of benzene rings is 1. The lowest BCUT2D eigenvalue weighted by molar-refractivity contribution is 0.202. The standard InChI is InChI=1S/C14H18O/c1-3-11(2)14-9-13(10-15-14)12-7-5-4-6-8-12/h4-9,11,13H,3,10H2,1-2H3/t11-,13?/m1/s1. The molecule has 2 atom stereocenters. The molecule has 1 aliphatic heterocycles. The van der Waals surface area contributed by atoms with E-state index in [4.69, 9.17) is 4.74 Å². The normalized spacial score (nSPS) is 22.0. The third-order valence-corrected chi connectivity index (χ3v) is 3.12. The summed E-state index contributed by atoms with van der Waals surface area (Å²) in [5.74, 6) is 2.18. The van der Waals surface area contributed by atoms with Gasteiger partial charge in [0.25, 0.3) is 0 Å². The predicted molar refractivity (Wildman–Crippen MR) is 62.7 cm³/mol. The number of hydrogen-bond donors (Lipinski definition) is 0. The van der Waals surface area contributed by atoms with Crippen LogP contribution >= 0.6 is 0 Å². The van der Waals surface area contributed by atoms with Gasteiger partial charge >= 0.3 is 0 Å². The second kappa shape index (κ2) is 4.52. The molecule has 1 heteroatoms. The van der Waals surface area contributed by atoms with E-state index in [1.807, 2.05) is 0 Å². The molecule has 1 nitrogen and oxygen atoms in total. The van der Waals surface area contributed by atoms with Crippen molar-refractivity contribution in [1.82, 2.24) is 0 Å². The molecule has 0 amide bonds. The van der Waals surface area contributed by atoms with Crippen molar-refractivity contribution in [3.05, 3.63) is 47.7 Å². The average Bonchev–Trinajstić information content (AvgIpc) is 2.78. The highest BCUT2D eigenvalue weighted by Crippen LogP contribution is 2.30. The first kappa shape index (κ1) is 10.3. The van der Waals surface area contributed by atoms with Crippen LogP contribution in [0.15, 0.2) is 42.2 Å². The van der Waals surface area contributed by atoms with Gasteiger partial charge in [0.1, 0.15) is 0 Å². The molecule has 1 aliphatic rings. The van der Waals surface area contributed by atoms with Crippen molar-refractivity contribution in [2.24, 2.45) is 5.92 Å². The molecular formula is C14H18O. The maximum absolute atomic E-state index is 5.73. The Balaban J connectivity index is 2.12. The third-order valence-electron chi connectivity index (χ3n) is 3.12. The fourth-order valence-electron chi connectivity index (χ4n) is 1.88. The van der Waals surface area contributed by atoms with Crippen LogP contribution < -0.4 is 0 Å². The molecule has 0 aliphatic carbocycles. The van der Waals surface area contributed by atoms with Gasteiger partial charge in [-0.2, -0.15) is 0 Å². The van der Waals surface area contributed by atoms with Crippen LogP contribution in [0.5, 0.6) is 0 Å². The first-order chi connectivity index (χ1) is 7.31. The molecule has 1 unspecified atom stereocenters. The van der Waals surface area contributed by atoms with Crippen molar-refractivity contribution in [3.63, 3.8) is 0 Å². The van der Waals surface area contributed by atoms with Crippen LogP contribution in [0.2, 0.25) is 0 Å². The van der Waals surface area contributed by atoms with Crippen LogP contribution in [0.25, 0.3) is 0 Å². The lowest BCUT2D eigenvalue weighted by Crippen LogP contribution is -1.98. The van der Waals surface area contributed by atoms with Gasteiger partial charge in [-0.3, -0.25) is 0 Å². The molecule has 0 N–H and O–H groups in total. The van der Waals surface area contributed by atoms with Crippen LogP contribution in [-0.2, 0) is 4.74 Å². The van der Waals surface area contributed by atoms with Crippen LogP contribution in [0.3, 0.4) is 0 Å². The van der Waals surface area contributed by atoms with Gasteiger partial charge in [-0.25, -0.2) is 0 Å². The maximum atomic E-state index is 5.73. The van der Waals surface area contributed by atoms with E-state index in [2.05, 4.69) is 50.3 Å². The summed E-state index contributed by atoms with van der Waals surface area (Å²) in [7, 11) is 0. The Morgan fingerprint density at radius 2 is 2.07 bits per heavy atom. The van der Waals surface area contributed by atoms with E-state index in [9.17, 15) is 0 Å². The first-order valence-electron chi connectivity index (χ1n) is 5.70. The van der Waals surface area contributed by atoms with Gasteiger partial charge in [0.05, 0.1) is 12.4 Å². The molecule has 1 aromatic rings.